The number of likely N-dealkylation sites (tertiary alicyclic amines) is 1. The zero-order valence-corrected chi connectivity index (χ0v) is 11.7. The summed E-state index contributed by atoms with van der Waals surface area (Å²) in [5, 5.41) is 0. The van der Waals surface area contributed by atoms with Crippen molar-refractivity contribution in [2.75, 3.05) is 33.7 Å². The van der Waals surface area contributed by atoms with Crippen LogP contribution >= 0.6 is 0 Å². The smallest absolute Gasteiger partial charge is 0.0254 e. The lowest BCUT2D eigenvalue weighted by atomic mass is 9.97. The normalized spacial score (nSPS) is 30.9. The van der Waals surface area contributed by atoms with Gasteiger partial charge in [-0.2, -0.15) is 0 Å². The van der Waals surface area contributed by atoms with Crippen molar-refractivity contribution in [2.45, 2.75) is 45.2 Å². The summed E-state index contributed by atoms with van der Waals surface area (Å²) in [7, 11) is 4.36. The second-order valence-electron chi connectivity index (χ2n) is 6.11. The van der Waals surface area contributed by atoms with E-state index < -0.39 is 0 Å². The van der Waals surface area contributed by atoms with Crippen molar-refractivity contribution < 1.29 is 0 Å². The van der Waals surface area contributed by atoms with Gasteiger partial charge in [0.1, 0.15) is 0 Å². The number of hydrogen-bond acceptors (Lipinski definition) is 3. The highest BCUT2D eigenvalue weighted by Crippen LogP contribution is 2.22. The lowest BCUT2D eigenvalue weighted by molar-refractivity contribution is 0.222. The molecule has 3 nitrogen and oxygen atoms in total. The van der Waals surface area contributed by atoms with Crippen molar-refractivity contribution in [3.63, 3.8) is 0 Å². The first kappa shape index (κ1) is 13.9. The molecule has 0 bridgehead atoms. The van der Waals surface area contributed by atoms with Crippen LogP contribution in [0.25, 0.3) is 0 Å². The Morgan fingerprint density at radius 3 is 2.44 bits per heavy atom. The molecule has 1 aliphatic heterocycles. The molecular formula is C13H29N3. The molecule has 3 unspecified atom stereocenters. The van der Waals surface area contributed by atoms with Crippen LogP contribution in [-0.4, -0.2) is 55.1 Å². The maximum absolute atomic E-state index is 6.32. The van der Waals surface area contributed by atoms with Gasteiger partial charge in [-0.25, -0.2) is 0 Å². The van der Waals surface area contributed by atoms with Gasteiger partial charge in [-0.3, -0.25) is 4.90 Å². The summed E-state index contributed by atoms with van der Waals surface area (Å²) in [6.45, 7) is 10.1. The molecule has 0 saturated carbocycles. The summed E-state index contributed by atoms with van der Waals surface area (Å²) >= 11 is 0. The molecule has 96 valence electrons. The second kappa shape index (κ2) is 5.48. The molecule has 3 atom stereocenters. The molecule has 1 rings (SSSR count). The van der Waals surface area contributed by atoms with Crippen LogP contribution in [-0.2, 0) is 0 Å². The van der Waals surface area contributed by atoms with Gasteiger partial charge in [0, 0.05) is 31.2 Å². The SMILES string of the molecule is CCCC(C)(N)CN1CC(C)C(N(C)C)C1. The molecular weight excluding hydrogens is 198 g/mol. The van der Waals surface area contributed by atoms with Crippen LogP contribution in [0, 0.1) is 5.92 Å². The number of likely N-dealkylation sites (N-methyl/N-ethyl adjacent to an activating group) is 1. The van der Waals surface area contributed by atoms with Crippen molar-refractivity contribution >= 4 is 0 Å². The van der Waals surface area contributed by atoms with Crippen LogP contribution < -0.4 is 5.73 Å². The largest absolute Gasteiger partial charge is 0.324 e. The summed E-state index contributed by atoms with van der Waals surface area (Å²) in [5.74, 6) is 0.757. The molecule has 0 spiro atoms. The van der Waals surface area contributed by atoms with Gasteiger partial charge in [0.15, 0.2) is 0 Å². The van der Waals surface area contributed by atoms with E-state index in [1.165, 1.54) is 19.5 Å². The van der Waals surface area contributed by atoms with Crippen molar-refractivity contribution in [2.24, 2.45) is 11.7 Å². The van der Waals surface area contributed by atoms with Crippen molar-refractivity contribution in [3.05, 3.63) is 0 Å². The average Bonchev–Trinajstić information content (AvgIpc) is 2.45. The molecule has 1 fully saturated rings. The maximum atomic E-state index is 6.32. The lowest BCUT2D eigenvalue weighted by Crippen LogP contribution is -2.47. The van der Waals surface area contributed by atoms with Crippen molar-refractivity contribution in [3.8, 4) is 0 Å². The highest BCUT2D eigenvalue weighted by Gasteiger charge is 2.33. The van der Waals surface area contributed by atoms with Gasteiger partial charge in [0.2, 0.25) is 0 Å². The molecule has 0 aromatic carbocycles. The Bertz CT molecular complexity index is 213. The zero-order valence-electron chi connectivity index (χ0n) is 11.7. The number of nitrogens with two attached hydrogens (primary N) is 1. The molecule has 1 aliphatic rings. The molecule has 1 saturated heterocycles. The lowest BCUT2D eigenvalue weighted by Gasteiger charge is -2.30. The van der Waals surface area contributed by atoms with Gasteiger partial charge in [0.25, 0.3) is 0 Å². The monoisotopic (exact) mass is 227 g/mol. The fourth-order valence-electron chi connectivity index (χ4n) is 3.01. The molecule has 0 amide bonds. The zero-order chi connectivity index (χ0) is 12.3. The number of hydrogen-bond donors (Lipinski definition) is 1. The molecule has 0 aliphatic carbocycles. The Labute approximate surface area is 101 Å². The fraction of sp³-hybridized carbons (Fsp3) is 1.00. The topological polar surface area (TPSA) is 32.5 Å². The second-order valence-corrected chi connectivity index (χ2v) is 6.11. The third-order valence-corrected chi connectivity index (χ3v) is 3.72. The van der Waals surface area contributed by atoms with Crippen LogP contribution in [0.1, 0.15) is 33.6 Å². The molecule has 1 heterocycles. The third-order valence-electron chi connectivity index (χ3n) is 3.72. The van der Waals surface area contributed by atoms with Gasteiger partial charge in [0.05, 0.1) is 0 Å². The van der Waals surface area contributed by atoms with E-state index in [1.807, 2.05) is 0 Å². The minimum Gasteiger partial charge on any atom is -0.324 e. The summed E-state index contributed by atoms with van der Waals surface area (Å²) in [6.07, 6.45) is 2.29. The highest BCUT2D eigenvalue weighted by atomic mass is 15.2. The highest BCUT2D eigenvalue weighted by molar-refractivity contribution is 4.91. The first-order valence-corrected chi connectivity index (χ1v) is 6.53. The van der Waals surface area contributed by atoms with Gasteiger partial charge < -0.3 is 10.6 Å². The van der Waals surface area contributed by atoms with E-state index in [-0.39, 0.29) is 5.54 Å². The Hall–Kier alpha value is -0.120. The van der Waals surface area contributed by atoms with Gasteiger partial charge in [-0.15, -0.1) is 0 Å². The molecule has 2 N–H and O–H groups in total. The standard InChI is InChI=1S/C13H29N3/c1-6-7-13(3,14)10-16-8-11(2)12(9-16)15(4)5/h11-12H,6-10,14H2,1-5H3. The van der Waals surface area contributed by atoms with Crippen LogP contribution in [0.4, 0.5) is 0 Å². The van der Waals surface area contributed by atoms with Crippen molar-refractivity contribution in [1.82, 2.24) is 9.80 Å². The summed E-state index contributed by atoms with van der Waals surface area (Å²) in [5.41, 5.74) is 6.30. The maximum Gasteiger partial charge on any atom is 0.0254 e. The first-order chi connectivity index (χ1) is 7.35. The van der Waals surface area contributed by atoms with E-state index in [9.17, 15) is 0 Å². The number of rotatable bonds is 5. The van der Waals surface area contributed by atoms with E-state index in [2.05, 4.69) is 44.7 Å². The fourth-order valence-corrected chi connectivity index (χ4v) is 3.01. The van der Waals surface area contributed by atoms with E-state index in [1.54, 1.807) is 0 Å². The summed E-state index contributed by atoms with van der Waals surface area (Å²) in [6, 6.07) is 0.692. The minimum absolute atomic E-state index is 0.0182. The van der Waals surface area contributed by atoms with E-state index in [0.717, 1.165) is 18.9 Å². The molecule has 16 heavy (non-hydrogen) atoms. The van der Waals surface area contributed by atoms with Gasteiger partial charge >= 0.3 is 0 Å². The minimum atomic E-state index is -0.0182. The van der Waals surface area contributed by atoms with E-state index >= 15 is 0 Å². The summed E-state index contributed by atoms with van der Waals surface area (Å²) < 4.78 is 0. The van der Waals surface area contributed by atoms with Gasteiger partial charge in [-0.05, 0) is 33.4 Å². The Kier molecular flexibility index (Phi) is 4.77. The quantitative estimate of drug-likeness (QED) is 0.770. The predicted molar refractivity (Wildman–Crippen MR) is 70.6 cm³/mol. The van der Waals surface area contributed by atoms with Crippen LogP contribution in [0.3, 0.4) is 0 Å². The van der Waals surface area contributed by atoms with E-state index in [4.69, 9.17) is 5.73 Å². The molecule has 0 radical (unpaired) electrons. The van der Waals surface area contributed by atoms with E-state index in [0.29, 0.717) is 6.04 Å². The average molecular weight is 227 g/mol. The van der Waals surface area contributed by atoms with Gasteiger partial charge in [-0.1, -0.05) is 20.3 Å². The van der Waals surface area contributed by atoms with Crippen LogP contribution in [0.5, 0.6) is 0 Å². The number of nitrogens with zero attached hydrogens (tertiary/aromatic N) is 2. The Balaban J connectivity index is 2.46. The summed E-state index contributed by atoms with van der Waals surface area (Å²) in [4.78, 5) is 4.88. The molecule has 0 aromatic heterocycles. The molecule has 3 heteroatoms. The van der Waals surface area contributed by atoms with Crippen LogP contribution in [0.15, 0.2) is 0 Å². The molecule has 0 aromatic rings. The van der Waals surface area contributed by atoms with Crippen molar-refractivity contribution in [1.29, 1.82) is 0 Å². The predicted octanol–water partition coefficient (Wildman–Crippen LogP) is 1.39. The first-order valence-electron chi connectivity index (χ1n) is 6.53. The Morgan fingerprint density at radius 1 is 1.38 bits per heavy atom. The Morgan fingerprint density at radius 2 is 2.00 bits per heavy atom. The van der Waals surface area contributed by atoms with Crippen LogP contribution in [0.2, 0.25) is 0 Å². The third kappa shape index (κ3) is 3.72.